The molecule has 200 valence electrons. The van der Waals surface area contributed by atoms with Crippen LogP contribution in [0.4, 0.5) is 5.69 Å². The van der Waals surface area contributed by atoms with Crippen molar-refractivity contribution < 1.29 is 4.74 Å². The van der Waals surface area contributed by atoms with Gasteiger partial charge in [-0.05, 0) is 52.6 Å². The minimum atomic E-state index is 0.0241. The second-order valence-corrected chi connectivity index (χ2v) is 9.86. The summed E-state index contributed by atoms with van der Waals surface area (Å²) in [5, 5.41) is 16.6. The van der Waals surface area contributed by atoms with E-state index in [0.29, 0.717) is 17.1 Å². The van der Waals surface area contributed by atoms with E-state index in [9.17, 15) is 5.26 Å². The molecule has 4 aromatic carbocycles. The molecule has 6 rings (SSSR count). The van der Waals surface area contributed by atoms with Gasteiger partial charge >= 0.3 is 0 Å². The van der Waals surface area contributed by atoms with Gasteiger partial charge in [0.15, 0.2) is 0 Å². The van der Waals surface area contributed by atoms with Crippen molar-refractivity contribution in [3.8, 4) is 6.07 Å². The van der Waals surface area contributed by atoms with Crippen LogP contribution in [0.2, 0.25) is 0 Å². The minimum Gasteiger partial charge on any atom is -0.457 e. The third kappa shape index (κ3) is 5.68. The molecule has 42 heavy (non-hydrogen) atoms. The third-order valence-corrected chi connectivity index (χ3v) is 7.16. The summed E-state index contributed by atoms with van der Waals surface area (Å²) in [6.07, 6.45) is 8.11. The molecule has 2 heterocycles. The van der Waals surface area contributed by atoms with Gasteiger partial charge in [0.05, 0.1) is 30.1 Å². The second kappa shape index (κ2) is 12.1. The van der Waals surface area contributed by atoms with Gasteiger partial charge in [0.2, 0.25) is 0 Å². The first-order chi connectivity index (χ1) is 20.7. The van der Waals surface area contributed by atoms with E-state index in [1.165, 1.54) is 5.56 Å². The van der Waals surface area contributed by atoms with Crippen molar-refractivity contribution in [2.24, 2.45) is 5.10 Å². The number of hydrogen-bond donors (Lipinski definition) is 0. The fourth-order valence-electron chi connectivity index (χ4n) is 5.04. The highest BCUT2D eigenvalue weighted by atomic mass is 16.5. The Hall–Kier alpha value is -5.91. The van der Waals surface area contributed by atoms with Gasteiger partial charge in [0.1, 0.15) is 11.5 Å². The lowest BCUT2D eigenvalue weighted by Gasteiger charge is -2.24. The predicted octanol–water partition coefficient (Wildman–Crippen LogP) is 8.71. The van der Waals surface area contributed by atoms with Gasteiger partial charge in [-0.2, -0.15) is 5.10 Å². The second-order valence-electron chi connectivity index (χ2n) is 9.86. The lowest BCUT2D eigenvalue weighted by atomic mass is 9.98. The van der Waals surface area contributed by atoms with Crippen LogP contribution in [-0.4, -0.2) is 5.71 Å². The van der Waals surface area contributed by atoms with Crippen LogP contribution in [0.3, 0.4) is 0 Å². The van der Waals surface area contributed by atoms with Gasteiger partial charge in [-0.15, -0.1) is 0 Å². The summed E-state index contributed by atoms with van der Waals surface area (Å²) in [5.41, 5.74) is 6.84. The summed E-state index contributed by atoms with van der Waals surface area (Å²) in [6.45, 7) is 7.40. The fraction of sp³-hybridized carbons (Fsp3) is 0.0541. The van der Waals surface area contributed by atoms with Crippen molar-refractivity contribution in [1.29, 1.82) is 5.26 Å². The van der Waals surface area contributed by atoms with Gasteiger partial charge in [-0.1, -0.05) is 109 Å². The summed E-state index contributed by atoms with van der Waals surface area (Å²) in [4.78, 5) is 3.40. The number of anilines is 1. The Morgan fingerprint density at radius 1 is 0.833 bits per heavy atom. The van der Waals surface area contributed by atoms with Gasteiger partial charge in [-0.25, -0.2) is 10.1 Å². The Labute approximate surface area is 245 Å². The molecule has 0 amide bonds. The summed E-state index contributed by atoms with van der Waals surface area (Å²) in [7, 11) is 0. The highest BCUT2D eigenvalue weighted by Gasteiger charge is 2.29. The topological polar surface area (TPSA) is 53.0 Å². The Morgan fingerprint density at radius 3 is 2.12 bits per heavy atom. The van der Waals surface area contributed by atoms with Crippen molar-refractivity contribution in [2.45, 2.75) is 12.5 Å². The standard InChI is InChI=1S/C37H26N4O/c1-39-35(26-38)31-23-33(42-37(24-31)30-15-9-4-10-16-30)22-19-27-17-20-32(21-18-27)41-36(29-13-7-3-8-14-29)25-34(40-41)28-11-5-2-6-12-28/h2-24,36H,25H2. The number of benzene rings is 4. The quantitative estimate of drug-likeness (QED) is 0.181. The van der Waals surface area contributed by atoms with E-state index in [0.717, 1.165) is 34.5 Å². The molecule has 1 atom stereocenters. The zero-order valence-corrected chi connectivity index (χ0v) is 22.8. The van der Waals surface area contributed by atoms with Crippen LogP contribution in [0.15, 0.2) is 156 Å². The molecular formula is C37H26N4O. The number of allylic oxidation sites excluding steroid dienone is 5. The normalized spacial score (nSPS) is 17.4. The van der Waals surface area contributed by atoms with Crippen molar-refractivity contribution in [3.63, 3.8) is 0 Å². The smallest absolute Gasteiger partial charge is 0.269 e. The van der Waals surface area contributed by atoms with E-state index in [2.05, 4.69) is 70.5 Å². The van der Waals surface area contributed by atoms with Gasteiger partial charge in [-0.3, -0.25) is 5.01 Å². The van der Waals surface area contributed by atoms with Crippen LogP contribution in [0.1, 0.15) is 34.7 Å². The summed E-state index contributed by atoms with van der Waals surface area (Å²) in [5.74, 6) is 1.14. The Kier molecular flexibility index (Phi) is 7.57. The minimum absolute atomic E-state index is 0.0241. The molecule has 0 spiro atoms. The van der Waals surface area contributed by atoms with Crippen LogP contribution >= 0.6 is 0 Å². The number of nitrogens with zero attached hydrogens (tertiary/aromatic N) is 4. The molecular weight excluding hydrogens is 516 g/mol. The van der Waals surface area contributed by atoms with Crippen LogP contribution < -0.4 is 5.01 Å². The molecule has 0 saturated heterocycles. The molecule has 0 saturated carbocycles. The monoisotopic (exact) mass is 542 g/mol. The average molecular weight is 543 g/mol. The average Bonchev–Trinajstić information content (AvgIpc) is 3.52. The van der Waals surface area contributed by atoms with Gasteiger partial charge in [0.25, 0.3) is 5.70 Å². The maximum atomic E-state index is 9.47. The number of ether oxygens (including phenoxy) is 1. The van der Waals surface area contributed by atoms with Gasteiger partial charge < -0.3 is 4.74 Å². The Morgan fingerprint density at radius 2 is 1.48 bits per heavy atom. The third-order valence-electron chi connectivity index (χ3n) is 7.16. The van der Waals surface area contributed by atoms with E-state index in [4.69, 9.17) is 16.4 Å². The molecule has 1 unspecified atom stereocenters. The highest BCUT2D eigenvalue weighted by molar-refractivity contribution is 6.03. The number of hydrogen-bond acceptors (Lipinski definition) is 4. The van der Waals surface area contributed by atoms with E-state index in [1.807, 2.05) is 72.8 Å². The number of hydrazone groups is 1. The Balaban J connectivity index is 1.27. The zero-order valence-electron chi connectivity index (χ0n) is 22.8. The first-order valence-electron chi connectivity index (χ1n) is 13.7. The molecule has 0 aromatic heterocycles. The van der Waals surface area contributed by atoms with Crippen LogP contribution in [0.25, 0.3) is 16.7 Å². The molecule has 0 radical (unpaired) electrons. The maximum Gasteiger partial charge on any atom is 0.269 e. The Bertz CT molecular complexity index is 1800. The lowest BCUT2D eigenvalue weighted by Crippen LogP contribution is -2.18. The number of rotatable bonds is 6. The number of nitriles is 1. The molecule has 0 aliphatic carbocycles. The van der Waals surface area contributed by atoms with Crippen molar-refractivity contribution in [3.05, 3.63) is 184 Å². The molecule has 2 aliphatic rings. The first kappa shape index (κ1) is 26.3. The van der Waals surface area contributed by atoms with E-state index >= 15 is 0 Å². The van der Waals surface area contributed by atoms with Crippen molar-refractivity contribution in [2.75, 3.05) is 5.01 Å². The summed E-state index contributed by atoms with van der Waals surface area (Å²) in [6, 6.07) is 40.8. The van der Waals surface area contributed by atoms with E-state index in [1.54, 1.807) is 12.2 Å². The molecule has 0 bridgehead atoms. The first-order valence-corrected chi connectivity index (χ1v) is 13.7. The van der Waals surface area contributed by atoms with E-state index < -0.39 is 0 Å². The predicted molar refractivity (Wildman–Crippen MR) is 168 cm³/mol. The van der Waals surface area contributed by atoms with Crippen LogP contribution in [-0.2, 0) is 4.74 Å². The molecule has 4 aromatic rings. The van der Waals surface area contributed by atoms with Crippen LogP contribution in [0.5, 0.6) is 0 Å². The van der Waals surface area contributed by atoms with Crippen LogP contribution in [0, 0.1) is 17.9 Å². The highest BCUT2D eigenvalue weighted by Crippen LogP contribution is 2.37. The maximum absolute atomic E-state index is 9.47. The lowest BCUT2D eigenvalue weighted by molar-refractivity contribution is 0.396. The zero-order chi connectivity index (χ0) is 28.7. The van der Waals surface area contributed by atoms with Crippen molar-refractivity contribution >= 4 is 23.2 Å². The largest absolute Gasteiger partial charge is 0.457 e. The molecule has 2 aliphatic heterocycles. The van der Waals surface area contributed by atoms with E-state index in [-0.39, 0.29) is 11.7 Å². The SMILES string of the molecule is [C-]#[N+]C(C#N)=C1C=C(C=Cc2ccc(N3N=C(c4ccccc4)CC3c3ccccc3)cc2)OC(c2ccccc2)=C1. The van der Waals surface area contributed by atoms with Crippen molar-refractivity contribution in [1.82, 2.24) is 0 Å². The molecule has 0 fully saturated rings. The van der Waals surface area contributed by atoms with Gasteiger partial charge in [0, 0.05) is 12.0 Å². The fourth-order valence-corrected chi connectivity index (χ4v) is 5.04. The summed E-state index contributed by atoms with van der Waals surface area (Å²) >= 11 is 0. The molecule has 5 nitrogen and oxygen atoms in total. The molecule has 5 heteroatoms. The summed E-state index contributed by atoms with van der Waals surface area (Å²) < 4.78 is 6.15. The molecule has 0 N–H and O–H groups in total.